The van der Waals surface area contributed by atoms with Gasteiger partial charge in [-0.1, -0.05) is 13.8 Å². The van der Waals surface area contributed by atoms with Crippen LogP contribution in [0.5, 0.6) is 5.75 Å². The van der Waals surface area contributed by atoms with Gasteiger partial charge in [0.1, 0.15) is 0 Å². The van der Waals surface area contributed by atoms with Crippen LogP contribution in [0.2, 0.25) is 0 Å². The molecule has 0 fully saturated rings. The molecule has 16 heavy (non-hydrogen) atoms. The van der Waals surface area contributed by atoms with E-state index in [2.05, 4.69) is 29.1 Å². The first-order valence-electron chi connectivity index (χ1n) is 5.40. The van der Waals surface area contributed by atoms with Gasteiger partial charge in [0.15, 0.2) is 5.75 Å². The van der Waals surface area contributed by atoms with Gasteiger partial charge in [0, 0.05) is 12.6 Å². The summed E-state index contributed by atoms with van der Waals surface area (Å²) in [6.45, 7) is 4.35. The SMILES string of the molecule is COc1cnc(NC(CCO)C(C)C)nc1. The van der Waals surface area contributed by atoms with Crippen LogP contribution < -0.4 is 10.1 Å². The Labute approximate surface area is 95.9 Å². The molecular weight excluding hydrogens is 206 g/mol. The molecule has 0 aliphatic rings. The molecule has 5 nitrogen and oxygen atoms in total. The number of nitrogens with one attached hydrogen (secondary N) is 1. The van der Waals surface area contributed by atoms with Crippen LogP contribution in [0, 0.1) is 5.92 Å². The number of ether oxygens (including phenoxy) is 1. The van der Waals surface area contributed by atoms with Gasteiger partial charge in [-0.2, -0.15) is 0 Å². The van der Waals surface area contributed by atoms with E-state index in [-0.39, 0.29) is 12.6 Å². The Bertz CT molecular complexity index is 301. The average Bonchev–Trinajstić information content (AvgIpc) is 2.29. The second-order valence-electron chi connectivity index (χ2n) is 3.95. The molecule has 1 aromatic rings. The largest absolute Gasteiger partial charge is 0.494 e. The zero-order valence-corrected chi connectivity index (χ0v) is 9.97. The van der Waals surface area contributed by atoms with Crippen LogP contribution in [-0.4, -0.2) is 34.8 Å². The minimum Gasteiger partial charge on any atom is -0.494 e. The van der Waals surface area contributed by atoms with Crippen LogP contribution >= 0.6 is 0 Å². The lowest BCUT2D eigenvalue weighted by Crippen LogP contribution is -2.27. The lowest BCUT2D eigenvalue weighted by Gasteiger charge is -2.21. The van der Waals surface area contributed by atoms with Gasteiger partial charge in [-0.25, -0.2) is 9.97 Å². The molecule has 0 saturated heterocycles. The smallest absolute Gasteiger partial charge is 0.223 e. The highest BCUT2D eigenvalue weighted by Crippen LogP contribution is 2.13. The molecule has 0 saturated carbocycles. The van der Waals surface area contributed by atoms with Crippen molar-refractivity contribution in [1.82, 2.24) is 9.97 Å². The molecule has 1 unspecified atom stereocenters. The van der Waals surface area contributed by atoms with Gasteiger partial charge in [-0.3, -0.25) is 0 Å². The zero-order valence-electron chi connectivity index (χ0n) is 9.97. The van der Waals surface area contributed by atoms with Crippen LogP contribution in [0.15, 0.2) is 12.4 Å². The molecule has 1 heterocycles. The number of nitrogens with zero attached hydrogens (tertiary/aromatic N) is 2. The second-order valence-corrected chi connectivity index (χ2v) is 3.95. The first-order valence-corrected chi connectivity index (χ1v) is 5.40. The van der Waals surface area contributed by atoms with E-state index in [9.17, 15) is 0 Å². The van der Waals surface area contributed by atoms with E-state index >= 15 is 0 Å². The molecule has 0 aromatic carbocycles. The van der Waals surface area contributed by atoms with Crippen molar-refractivity contribution in [2.75, 3.05) is 19.0 Å². The van der Waals surface area contributed by atoms with Crippen LogP contribution in [-0.2, 0) is 0 Å². The first-order chi connectivity index (χ1) is 7.67. The summed E-state index contributed by atoms with van der Waals surface area (Å²) in [6.07, 6.45) is 3.92. The van der Waals surface area contributed by atoms with E-state index in [1.54, 1.807) is 19.5 Å². The molecule has 1 aromatic heterocycles. The van der Waals surface area contributed by atoms with E-state index in [0.29, 0.717) is 24.0 Å². The zero-order chi connectivity index (χ0) is 12.0. The highest BCUT2D eigenvalue weighted by atomic mass is 16.5. The Hall–Kier alpha value is -1.36. The van der Waals surface area contributed by atoms with Crippen molar-refractivity contribution >= 4 is 5.95 Å². The third-order valence-electron chi connectivity index (χ3n) is 2.42. The summed E-state index contributed by atoms with van der Waals surface area (Å²) < 4.78 is 4.98. The summed E-state index contributed by atoms with van der Waals surface area (Å²) in [5, 5.41) is 12.1. The van der Waals surface area contributed by atoms with Gasteiger partial charge in [-0.05, 0) is 12.3 Å². The van der Waals surface area contributed by atoms with E-state index in [0.717, 1.165) is 0 Å². The van der Waals surface area contributed by atoms with Crippen LogP contribution in [0.4, 0.5) is 5.95 Å². The summed E-state index contributed by atoms with van der Waals surface area (Å²) in [5.41, 5.74) is 0. The van der Waals surface area contributed by atoms with Gasteiger partial charge < -0.3 is 15.2 Å². The Balaban J connectivity index is 2.62. The Morgan fingerprint density at radius 2 is 2.00 bits per heavy atom. The predicted molar refractivity (Wildman–Crippen MR) is 62.5 cm³/mol. The second kappa shape index (κ2) is 6.27. The number of methoxy groups -OCH3 is 1. The normalized spacial score (nSPS) is 12.6. The number of aliphatic hydroxyl groups is 1. The van der Waals surface area contributed by atoms with Crippen molar-refractivity contribution in [3.8, 4) is 5.75 Å². The summed E-state index contributed by atoms with van der Waals surface area (Å²) in [5.74, 6) is 1.61. The van der Waals surface area contributed by atoms with Gasteiger partial charge in [0.2, 0.25) is 5.95 Å². The maximum absolute atomic E-state index is 8.94. The molecule has 0 bridgehead atoms. The van der Waals surface area contributed by atoms with Crippen LogP contribution in [0.25, 0.3) is 0 Å². The maximum atomic E-state index is 8.94. The fourth-order valence-corrected chi connectivity index (χ4v) is 1.37. The standard InChI is InChI=1S/C11H19N3O2/c1-8(2)10(4-5-15)14-11-12-6-9(16-3)7-13-11/h6-8,10,15H,4-5H2,1-3H3,(H,12,13,14). The predicted octanol–water partition coefficient (Wildman–Crippen LogP) is 1.30. The first kappa shape index (κ1) is 12.7. The highest BCUT2D eigenvalue weighted by Gasteiger charge is 2.13. The Morgan fingerprint density at radius 3 is 2.44 bits per heavy atom. The molecular formula is C11H19N3O2. The van der Waals surface area contributed by atoms with Crippen molar-refractivity contribution in [2.45, 2.75) is 26.3 Å². The number of hydrogen-bond donors (Lipinski definition) is 2. The van der Waals surface area contributed by atoms with Gasteiger partial charge in [0.25, 0.3) is 0 Å². The minimum absolute atomic E-state index is 0.159. The summed E-state index contributed by atoms with van der Waals surface area (Å²) in [7, 11) is 1.58. The molecule has 0 radical (unpaired) electrons. The lowest BCUT2D eigenvalue weighted by atomic mass is 10.0. The van der Waals surface area contributed by atoms with Gasteiger partial charge in [0.05, 0.1) is 19.5 Å². The van der Waals surface area contributed by atoms with Gasteiger partial charge >= 0.3 is 0 Å². The third-order valence-corrected chi connectivity index (χ3v) is 2.42. The maximum Gasteiger partial charge on any atom is 0.223 e. The van der Waals surface area contributed by atoms with Crippen LogP contribution in [0.3, 0.4) is 0 Å². The number of anilines is 1. The summed E-state index contributed by atoms with van der Waals surface area (Å²) in [6, 6.07) is 0.179. The van der Waals surface area contributed by atoms with Crippen molar-refractivity contribution in [3.63, 3.8) is 0 Å². The number of rotatable bonds is 6. The molecule has 1 atom stereocenters. The number of aliphatic hydroxyl groups excluding tert-OH is 1. The fourth-order valence-electron chi connectivity index (χ4n) is 1.37. The monoisotopic (exact) mass is 225 g/mol. The van der Waals surface area contributed by atoms with E-state index in [4.69, 9.17) is 9.84 Å². The van der Waals surface area contributed by atoms with Gasteiger partial charge in [-0.15, -0.1) is 0 Å². The summed E-state index contributed by atoms with van der Waals surface area (Å²) >= 11 is 0. The molecule has 0 aliphatic heterocycles. The molecule has 1 rings (SSSR count). The van der Waals surface area contributed by atoms with Crippen molar-refractivity contribution < 1.29 is 9.84 Å². The number of aromatic nitrogens is 2. The highest BCUT2D eigenvalue weighted by molar-refractivity contribution is 5.28. The summed E-state index contributed by atoms with van der Waals surface area (Å²) in [4.78, 5) is 8.25. The topological polar surface area (TPSA) is 67.3 Å². The van der Waals surface area contributed by atoms with Crippen LogP contribution in [0.1, 0.15) is 20.3 Å². The van der Waals surface area contributed by atoms with Crippen molar-refractivity contribution in [2.24, 2.45) is 5.92 Å². The quantitative estimate of drug-likeness (QED) is 0.764. The Kier molecular flexibility index (Phi) is 4.98. The molecule has 0 spiro atoms. The van der Waals surface area contributed by atoms with E-state index in [1.165, 1.54) is 0 Å². The molecule has 0 amide bonds. The molecule has 90 valence electrons. The average molecular weight is 225 g/mol. The molecule has 0 aliphatic carbocycles. The molecule has 2 N–H and O–H groups in total. The lowest BCUT2D eigenvalue weighted by molar-refractivity contribution is 0.267. The van der Waals surface area contributed by atoms with E-state index < -0.39 is 0 Å². The van der Waals surface area contributed by atoms with E-state index in [1.807, 2.05) is 0 Å². The van der Waals surface area contributed by atoms with Crippen molar-refractivity contribution in [3.05, 3.63) is 12.4 Å². The third kappa shape index (κ3) is 3.66. The fraction of sp³-hybridized carbons (Fsp3) is 0.636. The molecule has 5 heteroatoms. The Morgan fingerprint density at radius 1 is 1.38 bits per heavy atom. The number of hydrogen-bond acceptors (Lipinski definition) is 5. The minimum atomic E-state index is 0.159. The van der Waals surface area contributed by atoms with Crippen molar-refractivity contribution in [1.29, 1.82) is 0 Å².